The Morgan fingerprint density at radius 2 is 2.10 bits per heavy atom. The van der Waals surface area contributed by atoms with E-state index in [1.54, 1.807) is 13.8 Å². The van der Waals surface area contributed by atoms with E-state index >= 15 is 0 Å². The third kappa shape index (κ3) is 3.20. The molecule has 0 heterocycles. The minimum atomic E-state index is -0.882. The van der Waals surface area contributed by atoms with E-state index in [0.717, 1.165) is 0 Å². The Morgan fingerprint density at radius 1 is 1.60 bits per heavy atom. The second kappa shape index (κ2) is 3.32. The van der Waals surface area contributed by atoms with Crippen molar-refractivity contribution in [1.82, 2.24) is 0 Å². The van der Waals surface area contributed by atoms with Gasteiger partial charge < -0.3 is 5.11 Å². The SMILES string of the molecule is C=CN=CC(=C)C(C)(C)O. The van der Waals surface area contributed by atoms with E-state index in [-0.39, 0.29) is 0 Å². The zero-order valence-electron chi connectivity index (χ0n) is 6.46. The van der Waals surface area contributed by atoms with Crippen molar-refractivity contribution in [2.75, 3.05) is 0 Å². The zero-order valence-corrected chi connectivity index (χ0v) is 6.46. The lowest BCUT2D eigenvalue weighted by Gasteiger charge is -2.16. The van der Waals surface area contributed by atoms with Gasteiger partial charge in [0.15, 0.2) is 0 Å². The lowest BCUT2D eigenvalue weighted by Crippen LogP contribution is -2.21. The lowest BCUT2D eigenvalue weighted by molar-refractivity contribution is 0.127. The Labute approximate surface area is 61.6 Å². The van der Waals surface area contributed by atoms with Crippen molar-refractivity contribution in [2.45, 2.75) is 19.4 Å². The zero-order chi connectivity index (χ0) is 8.20. The van der Waals surface area contributed by atoms with E-state index in [4.69, 9.17) is 0 Å². The van der Waals surface area contributed by atoms with Crippen LogP contribution >= 0.6 is 0 Å². The number of aliphatic hydroxyl groups is 1. The van der Waals surface area contributed by atoms with Crippen molar-refractivity contribution < 1.29 is 5.11 Å². The molecule has 0 aliphatic heterocycles. The van der Waals surface area contributed by atoms with Gasteiger partial charge in [-0.25, -0.2) is 0 Å². The van der Waals surface area contributed by atoms with Gasteiger partial charge >= 0.3 is 0 Å². The Balaban J connectivity index is 4.11. The highest BCUT2D eigenvalue weighted by atomic mass is 16.3. The van der Waals surface area contributed by atoms with Gasteiger partial charge in [0.1, 0.15) is 0 Å². The average molecular weight is 139 g/mol. The maximum absolute atomic E-state index is 9.29. The molecule has 1 N–H and O–H groups in total. The first-order valence-corrected chi connectivity index (χ1v) is 3.04. The van der Waals surface area contributed by atoms with Gasteiger partial charge in [0.25, 0.3) is 0 Å². The van der Waals surface area contributed by atoms with E-state index in [1.807, 2.05) is 0 Å². The van der Waals surface area contributed by atoms with E-state index < -0.39 is 5.60 Å². The summed E-state index contributed by atoms with van der Waals surface area (Å²) in [5, 5.41) is 9.29. The molecule has 0 unspecified atom stereocenters. The number of hydrogen-bond acceptors (Lipinski definition) is 2. The molecule has 0 aromatic heterocycles. The minimum absolute atomic E-state index is 0.576. The second-order valence-electron chi connectivity index (χ2n) is 2.55. The number of nitrogens with zero attached hydrogens (tertiary/aromatic N) is 1. The van der Waals surface area contributed by atoms with Crippen molar-refractivity contribution in [2.24, 2.45) is 4.99 Å². The topological polar surface area (TPSA) is 32.6 Å². The number of rotatable bonds is 3. The van der Waals surface area contributed by atoms with Crippen molar-refractivity contribution in [3.63, 3.8) is 0 Å². The van der Waals surface area contributed by atoms with Crippen molar-refractivity contribution in [3.8, 4) is 0 Å². The molecule has 0 radical (unpaired) electrons. The standard InChI is InChI=1S/C8H13NO/c1-5-9-6-7(2)8(3,4)10/h5-6,10H,1-2H2,3-4H3. The van der Waals surface area contributed by atoms with Gasteiger partial charge in [-0.1, -0.05) is 13.2 Å². The first-order chi connectivity index (χ1) is 4.48. The fourth-order valence-electron chi connectivity index (χ4n) is 0.301. The van der Waals surface area contributed by atoms with E-state index in [2.05, 4.69) is 18.2 Å². The van der Waals surface area contributed by atoms with Crippen LogP contribution in [0.5, 0.6) is 0 Å². The quantitative estimate of drug-likeness (QED) is 0.591. The Bertz CT molecular complexity index is 163. The van der Waals surface area contributed by atoms with Gasteiger partial charge in [-0.05, 0) is 19.4 Å². The summed E-state index contributed by atoms with van der Waals surface area (Å²) < 4.78 is 0. The highest BCUT2D eigenvalue weighted by Crippen LogP contribution is 2.10. The van der Waals surface area contributed by atoms with Crippen LogP contribution < -0.4 is 0 Å². The predicted octanol–water partition coefficient (Wildman–Crippen LogP) is 1.53. The first kappa shape index (κ1) is 9.11. The summed E-state index contributed by atoms with van der Waals surface area (Å²) in [5.41, 5.74) is -0.306. The summed E-state index contributed by atoms with van der Waals surface area (Å²) in [5.74, 6) is 0. The van der Waals surface area contributed by atoms with Crippen LogP contribution in [0.3, 0.4) is 0 Å². The average Bonchev–Trinajstić information content (AvgIpc) is 1.80. The third-order valence-corrected chi connectivity index (χ3v) is 1.12. The molecule has 0 atom stereocenters. The van der Waals surface area contributed by atoms with Crippen LogP contribution in [0.2, 0.25) is 0 Å². The Kier molecular flexibility index (Phi) is 3.03. The summed E-state index contributed by atoms with van der Waals surface area (Å²) in [6.07, 6.45) is 2.89. The second-order valence-corrected chi connectivity index (χ2v) is 2.55. The van der Waals surface area contributed by atoms with Gasteiger partial charge in [-0.2, -0.15) is 0 Å². The number of hydrogen-bond donors (Lipinski definition) is 1. The van der Waals surface area contributed by atoms with Crippen LogP contribution in [0.1, 0.15) is 13.8 Å². The molecule has 0 aliphatic rings. The molecule has 0 bridgehead atoms. The van der Waals surface area contributed by atoms with Crippen LogP contribution in [-0.2, 0) is 0 Å². The third-order valence-electron chi connectivity index (χ3n) is 1.12. The van der Waals surface area contributed by atoms with Crippen molar-refractivity contribution in [3.05, 3.63) is 24.9 Å². The van der Waals surface area contributed by atoms with Crippen molar-refractivity contribution in [1.29, 1.82) is 0 Å². The van der Waals surface area contributed by atoms with E-state index in [1.165, 1.54) is 12.4 Å². The summed E-state index contributed by atoms with van der Waals surface area (Å²) in [6, 6.07) is 0. The maximum atomic E-state index is 9.29. The van der Waals surface area contributed by atoms with Gasteiger partial charge in [-0.3, -0.25) is 4.99 Å². The summed E-state index contributed by atoms with van der Waals surface area (Å²) >= 11 is 0. The molecule has 0 aromatic carbocycles. The summed E-state index contributed by atoms with van der Waals surface area (Å²) in [4.78, 5) is 3.72. The Hall–Kier alpha value is -0.890. The molecule has 10 heavy (non-hydrogen) atoms. The molecule has 2 heteroatoms. The van der Waals surface area contributed by atoms with E-state index in [9.17, 15) is 5.11 Å². The predicted molar refractivity (Wildman–Crippen MR) is 44.1 cm³/mol. The number of aliphatic imine (C=N–C) groups is 1. The van der Waals surface area contributed by atoms with Crippen molar-refractivity contribution >= 4 is 6.21 Å². The molecular weight excluding hydrogens is 126 g/mol. The Morgan fingerprint density at radius 3 is 2.40 bits per heavy atom. The smallest absolute Gasteiger partial charge is 0.0849 e. The molecule has 0 saturated heterocycles. The molecule has 0 rings (SSSR count). The first-order valence-electron chi connectivity index (χ1n) is 3.04. The van der Waals surface area contributed by atoms with E-state index in [0.29, 0.717) is 5.57 Å². The summed E-state index contributed by atoms with van der Waals surface area (Å²) in [6.45, 7) is 10.3. The van der Waals surface area contributed by atoms with Gasteiger partial charge in [-0.15, -0.1) is 0 Å². The van der Waals surface area contributed by atoms with Crippen LogP contribution in [0.15, 0.2) is 29.9 Å². The highest BCUT2D eigenvalue weighted by Gasteiger charge is 2.14. The molecule has 0 aliphatic carbocycles. The molecule has 0 aromatic rings. The van der Waals surface area contributed by atoms with Gasteiger partial charge in [0.05, 0.1) is 5.60 Å². The fourth-order valence-corrected chi connectivity index (χ4v) is 0.301. The van der Waals surface area contributed by atoms with Crippen LogP contribution in [-0.4, -0.2) is 16.9 Å². The minimum Gasteiger partial charge on any atom is -0.386 e. The fraction of sp³-hybridized carbons (Fsp3) is 0.375. The molecule has 0 amide bonds. The lowest BCUT2D eigenvalue weighted by atomic mass is 10.0. The van der Waals surface area contributed by atoms with Crippen LogP contribution in [0.25, 0.3) is 0 Å². The summed E-state index contributed by atoms with van der Waals surface area (Å²) in [7, 11) is 0. The normalized spacial score (nSPS) is 11.9. The molecule has 56 valence electrons. The largest absolute Gasteiger partial charge is 0.386 e. The molecular formula is C8H13NO. The molecule has 0 fully saturated rings. The monoisotopic (exact) mass is 139 g/mol. The van der Waals surface area contributed by atoms with Gasteiger partial charge in [0.2, 0.25) is 0 Å². The molecule has 0 spiro atoms. The maximum Gasteiger partial charge on any atom is 0.0849 e. The van der Waals surface area contributed by atoms with Crippen LogP contribution in [0.4, 0.5) is 0 Å². The molecule has 2 nitrogen and oxygen atoms in total. The van der Waals surface area contributed by atoms with Gasteiger partial charge in [0, 0.05) is 12.4 Å². The molecule has 0 saturated carbocycles. The highest BCUT2D eigenvalue weighted by molar-refractivity contribution is 5.80. The van der Waals surface area contributed by atoms with Crippen LogP contribution in [0, 0.1) is 0 Å².